The van der Waals surface area contributed by atoms with Crippen molar-refractivity contribution in [3.8, 4) is 0 Å². The van der Waals surface area contributed by atoms with Crippen molar-refractivity contribution in [2.75, 3.05) is 26.2 Å². The normalized spacial score (nSPS) is 23.8. The Balaban J connectivity index is 1.45. The molecule has 3 heterocycles. The lowest BCUT2D eigenvalue weighted by Gasteiger charge is -2.33. The fourth-order valence-corrected chi connectivity index (χ4v) is 3.60. The van der Waals surface area contributed by atoms with Gasteiger partial charge >= 0.3 is 0 Å². The topological polar surface area (TPSA) is 83.9 Å². The monoisotopic (exact) mass is 306 g/mol. The second-order valence-electron chi connectivity index (χ2n) is 6.46. The number of hydrogen-bond acceptors (Lipinski definition) is 5. The minimum Gasteiger partial charge on any atom is -0.354 e. The van der Waals surface area contributed by atoms with Crippen molar-refractivity contribution in [2.45, 2.75) is 45.2 Å². The van der Waals surface area contributed by atoms with Crippen LogP contribution in [0, 0.1) is 5.41 Å². The van der Waals surface area contributed by atoms with Crippen molar-refractivity contribution < 1.29 is 4.79 Å². The summed E-state index contributed by atoms with van der Waals surface area (Å²) >= 11 is 0. The van der Waals surface area contributed by atoms with Crippen LogP contribution in [0.3, 0.4) is 0 Å². The Morgan fingerprint density at radius 3 is 3.09 bits per heavy atom. The highest BCUT2D eigenvalue weighted by Gasteiger charge is 2.41. The smallest absolute Gasteiger partial charge is 0.237 e. The van der Waals surface area contributed by atoms with Crippen LogP contribution in [0.1, 0.15) is 32.0 Å². The lowest BCUT2D eigenvalue weighted by atomic mass is 9.77. The van der Waals surface area contributed by atoms with Gasteiger partial charge in [-0.05, 0) is 44.7 Å². The Hall–Kier alpha value is -1.47. The van der Waals surface area contributed by atoms with Crippen LogP contribution >= 0.6 is 0 Å². The predicted octanol–water partition coefficient (Wildman–Crippen LogP) is -0.312. The molecule has 2 saturated heterocycles. The molecule has 3 rings (SSSR count). The second-order valence-corrected chi connectivity index (χ2v) is 6.46. The van der Waals surface area contributed by atoms with Gasteiger partial charge in [-0.1, -0.05) is 0 Å². The van der Waals surface area contributed by atoms with Crippen LogP contribution < -0.4 is 16.0 Å². The highest BCUT2D eigenvalue weighted by molar-refractivity contribution is 5.82. The number of nitrogens with one attached hydrogen (secondary N) is 3. The molecule has 0 saturated carbocycles. The third kappa shape index (κ3) is 3.30. The van der Waals surface area contributed by atoms with Crippen molar-refractivity contribution in [3.05, 3.63) is 12.2 Å². The van der Waals surface area contributed by atoms with Gasteiger partial charge in [0.15, 0.2) is 0 Å². The molecule has 2 fully saturated rings. The number of carbonyl (C=O) groups is 1. The maximum Gasteiger partial charge on any atom is 0.237 e. The molecule has 1 amide bonds. The van der Waals surface area contributed by atoms with Gasteiger partial charge in [0.05, 0.1) is 6.04 Å². The SMILES string of the molecule is CCn1cnnc1CCNC(=O)C1CC2(CCNCC2)CN1. The van der Waals surface area contributed by atoms with Gasteiger partial charge in [0, 0.05) is 26.1 Å². The van der Waals surface area contributed by atoms with Gasteiger partial charge in [-0.25, -0.2) is 0 Å². The molecule has 0 radical (unpaired) electrons. The lowest BCUT2D eigenvalue weighted by Crippen LogP contribution is -2.41. The van der Waals surface area contributed by atoms with Gasteiger partial charge in [-0.3, -0.25) is 4.79 Å². The minimum atomic E-state index is -0.0397. The number of hydrogen-bond donors (Lipinski definition) is 3. The van der Waals surface area contributed by atoms with Gasteiger partial charge in [0.2, 0.25) is 5.91 Å². The lowest BCUT2D eigenvalue weighted by molar-refractivity contribution is -0.122. The zero-order valence-electron chi connectivity index (χ0n) is 13.3. The van der Waals surface area contributed by atoms with Crippen LogP contribution in [0.4, 0.5) is 0 Å². The van der Waals surface area contributed by atoms with Gasteiger partial charge in [-0.15, -0.1) is 10.2 Å². The van der Waals surface area contributed by atoms with E-state index >= 15 is 0 Å². The number of piperidine rings is 1. The van der Waals surface area contributed by atoms with Crippen molar-refractivity contribution in [1.29, 1.82) is 0 Å². The molecule has 1 aromatic rings. The van der Waals surface area contributed by atoms with Gasteiger partial charge in [0.25, 0.3) is 0 Å². The molecule has 0 bridgehead atoms. The number of rotatable bonds is 5. The Bertz CT molecular complexity index is 508. The molecule has 7 heteroatoms. The molecular weight excluding hydrogens is 280 g/mol. The molecule has 3 N–H and O–H groups in total. The summed E-state index contributed by atoms with van der Waals surface area (Å²) in [5.74, 6) is 1.05. The number of aromatic nitrogens is 3. The molecule has 2 aliphatic rings. The maximum absolute atomic E-state index is 12.3. The van der Waals surface area contributed by atoms with E-state index in [4.69, 9.17) is 0 Å². The summed E-state index contributed by atoms with van der Waals surface area (Å²) in [5.41, 5.74) is 0.329. The molecule has 0 aromatic carbocycles. The minimum absolute atomic E-state index is 0.0397. The average molecular weight is 306 g/mol. The molecule has 1 spiro atoms. The summed E-state index contributed by atoms with van der Waals surface area (Å²) < 4.78 is 2.00. The first-order valence-corrected chi connectivity index (χ1v) is 8.31. The molecule has 1 aromatic heterocycles. The quantitative estimate of drug-likeness (QED) is 0.695. The molecular formula is C15H26N6O. The highest BCUT2D eigenvalue weighted by atomic mass is 16.2. The zero-order valence-corrected chi connectivity index (χ0v) is 13.3. The van der Waals surface area contributed by atoms with E-state index in [2.05, 4.69) is 33.1 Å². The van der Waals surface area contributed by atoms with E-state index in [-0.39, 0.29) is 11.9 Å². The summed E-state index contributed by atoms with van der Waals surface area (Å²) in [4.78, 5) is 12.3. The van der Waals surface area contributed by atoms with Crippen molar-refractivity contribution in [3.63, 3.8) is 0 Å². The van der Waals surface area contributed by atoms with E-state index in [1.807, 2.05) is 4.57 Å². The third-order valence-corrected chi connectivity index (χ3v) is 5.03. The fraction of sp³-hybridized carbons (Fsp3) is 0.800. The van der Waals surface area contributed by atoms with Gasteiger partial charge in [0.1, 0.15) is 12.2 Å². The van der Waals surface area contributed by atoms with Crippen LogP contribution in [0.5, 0.6) is 0 Å². The Morgan fingerprint density at radius 2 is 2.32 bits per heavy atom. The van der Waals surface area contributed by atoms with Gasteiger partial charge in [-0.2, -0.15) is 0 Å². The summed E-state index contributed by atoms with van der Waals surface area (Å²) in [5, 5.41) is 17.8. The Kier molecular flexibility index (Phi) is 4.73. The summed E-state index contributed by atoms with van der Waals surface area (Å²) in [6.07, 6.45) is 5.76. The van der Waals surface area contributed by atoms with Crippen LogP contribution in [0.25, 0.3) is 0 Å². The van der Waals surface area contributed by atoms with Crippen LogP contribution in [-0.4, -0.2) is 52.9 Å². The van der Waals surface area contributed by atoms with Crippen molar-refractivity contribution in [1.82, 2.24) is 30.7 Å². The largest absolute Gasteiger partial charge is 0.354 e. The van der Waals surface area contributed by atoms with E-state index in [0.29, 0.717) is 12.0 Å². The highest BCUT2D eigenvalue weighted by Crippen LogP contribution is 2.37. The summed E-state index contributed by atoms with van der Waals surface area (Å²) in [7, 11) is 0. The third-order valence-electron chi connectivity index (χ3n) is 5.03. The van der Waals surface area contributed by atoms with Crippen LogP contribution in [-0.2, 0) is 17.8 Å². The standard InChI is InChI=1S/C15H26N6O/c1-2-21-11-19-20-13(21)3-6-17-14(22)12-9-15(10-18-12)4-7-16-8-5-15/h11-12,16,18H,2-10H2,1H3,(H,17,22). The van der Waals surface area contributed by atoms with Crippen molar-refractivity contribution in [2.24, 2.45) is 5.41 Å². The zero-order chi connectivity index (χ0) is 15.4. The molecule has 1 atom stereocenters. The second kappa shape index (κ2) is 6.75. The molecule has 2 aliphatic heterocycles. The number of aryl methyl sites for hydroxylation is 1. The predicted molar refractivity (Wildman–Crippen MR) is 83.4 cm³/mol. The number of carbonyl (C=O) groups excluding carboxylic acids is 1. The average Bonchev–Trinajstić information content (AvgIpc) is 3.15. The maximum atomic E-state index is 12.3. The molecule has 1 unspecified atom stereocenters. The molecule has 122 valence electrons. The van der Waals surface area contributed by atoms with Crippen LogP contribution in [0.2, 0.25) is 0 Å². The van der Waals surface area contributed by atoms with E-state index in [1.54, 1.807) is 6.33 Å². The first-order valence-electron chi connectivity index (χ1n) is 8.31. The number of amides is 1. The Morgan fingerprint density at radius 1 is 1.50 bits per heavy atom. The number of nitrogens with zero attached hydrogens (tertiary/aromatic N) is 3. The van der Waals surface area contributed by atoms with Crippen molar-refractivity contribution >= 4 is 5.91 Å². The first-order chi connectivity index (χ1) is 10.7. The Labute approximate surface area is 131 Å². The van der Waals surface area contributed by atoms with E-state index < -0.39 is 0 Å². The van der Waals surface area contributed by atoms with E-state index in [9.17, 15) is 4.79 Å². The van der Waals surface area contributed by atoms with Gasteiger partial charge < -0.3 is 20.5 Å². The summed E-state index contributed by atoms with van der Waals surface area (Å²) in [6, 6.07) is -0.0397. The molecule has 7 nitrogen and oxygen atoms in total. The summed E-state index contributed by atoms with van der Waals surface area (Å²) in [6.45, 7) is 6.65. The first kappa shape index (κ1) is 15.4. The molecule has 0 aliphatic carbocycles. The van der Waals surface area contributed by atoms with Crippen LogP contribution in [0.15, 0.2) is 6.33 Å². The van der Waals surface area contributed by atoms with E-state index in [0.717, 1.165) is 44.8 Å². The fourth-order valence-electron chi connectivity index (χ4n) is 3.60. The molecule has 22 heavy (non-hydrogen) atoms. The van der Waals surface area contributed by atoms with E-state index in [1.165, 1.54) is 12.8 Å².